The number of amides is 2. The summed E-state index contributed by atoms with van der Waals surface area (Å²) in [5.74, 6) is 0.486. The molecular weight excluding hydrogens is 660 g/mol. The van der Waals surface area contributed by atoms with Gasteiger partial charge in [-0.2, -0.15) is 13.1 Å². The van der Waals surface area contributed by atoms with Gasteiger partial charge in [-0.1, -0.05) is 0 Å². The van der Waals surface area contributed by atoms with Gasteiger partial charge in [0.2, 0.25) is 10.0 Å². The summed E-state index contributed by atoms with van der Waals surface area (Å²) in [7, 11) is -1.02. The Morgan fingerprint density at radius 3 is 2.53 bits per heavy atom. The van der Waals surface area contributed by atoms with Crippen molar-refractivity contribution in [3.05, 3.63) is 35.9 Å². The van der Waals surface area contributed by atoms with Crippen LogP contribution >= 0.6 is 0 Å². The molecular formula is C33H41F2N7O6S. The van der Waals surface area contributed by atoms with Crippen LogP contribution in [0.2, 0.25) is 0 Å². The molecule has 13 nitrogen and oxygen atoms in total. The molecule has 1 aromatic carbocycles. The highest BCUT2D eigenvalue weighted by molar-refractivity contribution is 7.92. The SMILES string of the molecule is [2H]C1(NC(=O)OC(C)(C)C)CCCN(C(=O)c2cc(OC)c3c(c2)nc(-c2cc4ccc(N(C(F)F)S(C)(=O)=O)nc4n2CC2CC2)n3C)C1. The molecule has 264 valence electrons. The first-order valence-electron chi connectivity index (χ1n) is 16.5. The number of hydrogen-bond donors (Lipinski definition) is 1. The minimum atomic E-state index is -4.31. The van der Waals surface area contributed by atoms with E-state index in [9.17, 15) is 26.8 Å². The number of benzene rings is 1. The van der Waals surface area contributed by atoms with E-state index in [1.54, 1.807) is 46.0 Å². The predicted molar refractivity (Wildman–Crippen MR) is 180 cm³/mol. The zero-order valence-electron chi connectivity index (χ0n) is 29.3. The maximum absolute atomic E-state index is 13.9. The summed E-state index contributed by atoms with van der Waals surface area (Å²) < 4.78 is 75.9. The molecule has 6 rings (SSSR count). The van der Waals surface area contributed by atoms with E-state index in [-0.39, 0.29) is 22.6 Å². The summed E-state index contributed by atoms with van der Waals surface area (Å²) in [6.07, 6.45) is 2.80. The summed E-state index contributed by atoms with van der Waals surface area (Å²) in [5, 5.41) is 3.24. The van der Waals surface area contributed by atoms with Crippen LogP contribution in [0.3, 0.4) is 0 Å². The fourth-order valence-electron chi connectivity index (χ4n) is 6.18. The highest BCUT2D eigenvalue weighted by Crippen LogP contribution is 2.38. The van der Waals surface area contributed by atoms with Crippen molar-refractivity contribution in [2.45, 2.75) is 71.2 Å². The summed E-state index contributed by atoms with van der Waals surface area (Å²) in [4.78, 5) is 37.2. The zero-order chi connectivity index (χ0) is 36.3. The second-order valence-corrected chi connectivity index (χ2v) is 15.5. The third-order valence-corrected chi connectivity index (χ3v) is 9.57. The van der Waals surface area contributed by atoms with Gasteiger partial charge in [0, 0.05) is 43.6 Å². The average molecular weight is 703 g/mol. The Morgan fingerprint density at radius 2 is 1.90 bits per heavy atom. The molecule has 0 bridgehead atoms. The van der Waals surface area contributed by atoms with Crippen molar-refractivity contribution < 1.29 is 37.6 Å². The highest BCUT2D eigenvalue weighted by atomic mass is 32.2. The first kappa shape index (κ1) is 33.0. The van der Waals surface area contributed by atoms with Gasteiger partial charge in [-0.15, -0.1) is 0 Å². The van der Waals surface area contributed by atoms with Gasteiger partial charge >= 0.3 is 12.6 Å². The molecule has 0 radical (unpaired) electrons. The van der Waals surface area contributed by atoms with Crippen LogP contribution in [0.15, 0.2) is 30.3 Å². The number of likely N-dealkylation sites (tertiary alicyclic amines) is 1. The van der Waals surface area contributed by atoms with Gasteiger partial charge in [0.05, 0.1) is 25.9 Å². The summed E-state index contributed by atoms with van der Waals surface area (Å²) in [6.45, 7) is 2.76. The molecule has 0 spiro atoms. The fraction of sp³-hybridized carbons (Fsp3) is 0.515. The number of nitrogens with one attached hydrogen (secondary N) is 1. The number of aryl methyl sites for hydroxylation is 1. The monoisotopic (exact) mass is 702 g/mol. The van der Waals surface area contributed by atoms with Gasteiger partial charge < -0.3 is 28.8 Å². The maximum atomic E-state index is 13.9. The Morgan fingerprint density at radius 1 is 1.16 bits per heavy atom. The molecule has 49 heavy (non-hydrogen) atoms. The Labute approximate surface area is 284 Å². The van der Waals surface area contributed by atoms with Crippen molar-refractivity contribution in [2.75, 3.05) is 30.8 Å². The highest BCUT2D eigenvalue weighted by Gasteiger charge is 2.32. The van der Waals surface area contributed by atoms with E-state index in [4.69, 9.17) is 15.8 Å². The van der Waals surface area contributed by atoms with Gasteiger partial charge in [0.15, 0.2) is 5.82 Å². The van der Waals surface area contributed by atoms with Crippen LogP contribution < -0.4 is 14.4 Å². The Kier molecular flexibility index (Phi) is 8.61. The minimum absolute atomic E-state index is 0.000240. The smallest absolute Gasteiger partial charge is 0.407 e. The minimum Gasteiger partial charge on any atom is -0.494 e. The molecule has 2 amide bonds. The van der Waals surface area contributed by atoms with Crippen molar-refractivity contribution in [3.8, 4) is 17.3 Å². The Balaban J connectivity index is 1.37. The normalized spacial score (nSPS) is 19.0. The lowest BCUT2D eigenvalue weighted by atomic mass is 10.0. The number of piperidine rings is 1. The number of fused-ring (bicyclic) bond motifs is 2. The van der Waals surface area contributed by atoms with Crippen LogP contribution in [0, 0.1) is 5.92 Å². The molecule has 1 saturated carbocycles. The molecule has 1 aliphatic carbocycles. The second kappa shape index (κ2) is 12.8. The lowest BCUT2D eigenvalue weighted by molar-refractivity contribution is 0.0452. The van der Waals surface area contributed by atoms with Crippen molar-refractivity contribution >= 4 is 49.9 Å². The van der Waals surface area contributed by atoms with Gasteiger partial charge in [0.1, 0.15) is 28.3 Å². The standard InChI is InChI=1S/C33H41F2N7O6S/c1-33(2,3)48-32(44)36-22-8-7-13-40(18-22)30(43)21-14-23-27(25(16-21)47-5)39(4)29(37-23)24-15-20-11-12-26(42(31(34)35)49(6,45)46)38-28(20)41(24)17-19-9-10-19/h11-12,14-16,19,22,31H,7-10,13,17-18H2,1-6H3,(H,36,44)/i22D. The van der Waals surface area contributed by atoms with Crippen LogP contribution in [0.5, 0.6) is 5.75 Å². The number of imidazole rings is 1. The van der Waals surface area contributed by atoms with Crippen molar-refractivity contribution in [1.82, 2.24) is 29.3 Å². The number of methoxy groups -OCH3 is 1. The van der Waals surface area contributed by atoms with E-state index in [1.807, 2.05) is 15.2 Å². The summed E-state index contributed by atoms with van der Waals surface area (Å²) in [5.41, 5.74) is 1.60. The molecule has 2 aliphatic rings. The number of halogens is 2. The number of ether oxygens (including phenoxy) is 2. The van der Waals surface area contributed by atoms with Crippen molar-refractivity contribution in [1.29, 1.82) is 0 Å². The second-order valence-electron chi connectivity index (χ2n) is 13.6. The zero-order valence-corrected chi connectivity index (χ0v) is 29.1. The Hall–Kier alpha value is -4.47. The van der Waals surface area contributed by atoms with E-state index < -0.39 is 34.3 Å². The van der Waals surface area contributed by atoms with Gasteiger partial charge in [-0.05, 0) is 82.7 Å². The third kappa shape index (κ3) is 7.14. The number of rotatable bonds is 9. The number of alkyl carbamates (subject to hydrolysis) is 1. The number of aromatic nitrogens is 4. The van der Waals surface area contributed by atoms with Crippen molar-refractivity contribution in [2.24, 2.45) is 13.0 Å². The lowest BCUT2D eigenvalue weighted by Gasteiger charge is -2.33. The summed E-state index contributed by atoms with van der Waals surface area (Å²) >= 11 is 0. The molecule has 3 aromatic heterocycles. The van der Waals surface area contributed by atoms with Gasteiger partial charge in [0.25, 0.3) is 5.91 Å². The fourth-order valence-corrected chi connectivity index (χ4v) is 6.91. The van der Waals surface area contributed by atoms with Crippen LogP contribution in [0.25, 0.3) is 33.6 Å². The first-order chi connectivity index (χ1) is 23.4. The molecule has 1 N–H and O–H groups in total. The van der Waals surface area contributed by atoms with Crippen molar-refractivity contribution in [3.63, 3.8) is 0 Å². The largest absolute Gasteiger partial charge is 0.494 e. The number of sulfonamides is 1. The number of carbonyl (C=O) groups is 2. The molecule has 2 fully saturated rings. The summed E-state index contributed by atoms with van der Waals surface area (Å²) in [6, 6.07) is 6.50. The number of hydrogen-bond acceptors (Lipinski definition) is 8. The Bertz CT molecular complexity index is 2090. The van der Waals surface area contributed by atoms with Gasteiger partial charge in [-0.3, -0.25) is 4.79 Å². The van der Waals surface area contributed by atoms with Crippen LogP contribution in [-0.2, 0) is 28.4 Å². The van der Waals surface area contributed by atoms with E-state index in [1.165, 1.54) is 18.1 Å². The van der Waals surface area contributed by atoms with Crippen LogP contribution in [0.1, 0.15) is 58.2 Å². The maximum Gasteiger partial charge on any atom is 0.407 e. The van der Waals surface area contributed by atoms with Crippen LogP contribution in [-0.4, -0.2) is 89.0 Å². The average Bonchev–Trinajstić information content (AvgIpc) is 3.67. The van der Waals surface area contributed by atoms with E-state index in [2.05, 4.69) is 10.3 Å². The molecule has 1 aliphatic heterocycles. The first-order valence-corrected chi connectivity index (χ1v) is 17.9. The van der Waals surface area contributed by atoms with E-state index in [0.717, 1.165) is 12.8 Å². The molecule has 4 heterocycles. The predicted octanol–water partition coefficient (Wildman–Crippen LogP) is 5.13. The number of pyridine rings is 1. The molecule has 1 saturated heterocycles. The van der Waals surface area contributed by atoms with Crippen LogP contribution in [0.4, 0.5) is 19.4 Å². The number of anilines is 1. The quantitative estimate of drug-likeness (QED) is 0.237. The molecule has 16 heteroatoms. The molecule has 1 unspecified atom stereocenters. The third-order valence-electron chi connectivity index (χ3n) is 8.51. The lowest BCUT2D eigenvalue weighted by Crippen LogP contribution is -2.50. The molecule has 1 atom stereocenters. The molecule has 4 aromatic rings. The van der Waals surface area contributed by atoms with E-state index >= 15 is 0 Å². The number of nitrogens with zero attached hydrogens (tertiary/aromatic N) is 6. The van der Waals surface area contributed by atoms with E-state index in [0.29, 0.717) is 83.0 Å². The topological polar surface area (TPSA) is 141 Å². The number of alkyl halides is 2. The number of carbonyl (C=O) groups excluding carboxylic acids is 2. The van der Waals surface area contributed by atoms with Gasteiger partial charge in [-0.25, -0.2) is 23.2 Å².